The molecule has 5 heavy (non-hydrogen) atoms. The quantitative estimate of drug-likeness (QED) is 0.364. The molecule has 4 heteroatoms. The molecule has 0 atom stereocenters. The lowest BCUT2D eigenvalue weighted by molar-refractivity contribution is 0.319. The van der Waals surface area contributed by atoms with Gasteiger partial charge in [-0.3, -0.25) is 0 Å². The molecule has 1 fully saturated rings. The largest absolute Gasteiger partial charge is 0.423 e. The second-order valence-corrected chi connectivity index (χ2v) is 5.06. The highest BCUT2D eigenvalue weighted by atomic mass is 28.4. The van der Waals surface area contributed by atoms with Crippen molar-refractivity contribution in [2.75, 3.05) is 0 Å². The van der Waals surface area contributed by atoms with Crippen molar-refractivity contribution in [1.29, 1.82) is 0 Å². The first-order chi connectivity index (χ1) is 2.39. The molecule has 0 spiro atoms. The van der Waals surface area contributed by atoms with Gasteiger partial charge in [-0.05, 0) is 6.55 Å². The van der Waals surface area contributed by atoms with Crippen LogP contribution < -0.4 is 0 Å². The van der Waals surface area contributed by atoms with Gasteiger partial charge in [0.05, 0.1) is 0 Å². The predicted molar refractivity (Wildman–Crippen MR) is 23.7 cm³/mol. The lowest BCUT2D eigenvalue weighted by atomic mass is 11.9. The first-order valence-corrected chi connectivity index (χ1v) is 4.88. The van der Waals surface area contributed by atoms with Crippen molar-refractivity contribution >= 4 is 19.3 Å². The maximum atomic E-state index is 4.99. The molecule has 0 radical (unpaired) electrons. The molecule has 0 bridgehead atoms. The van der Waals surface area contributed by atoms with E-state index < -0.39 is 9.28 Å². The Morgan fingerprint density at radius 2 is 2.00 bits per heavy atom. The molecule has 1 aliphatic rings. The van der Waals surface area contributed by atoms with Gasteiger partial charge in [-0.2, -0.15) is 0 Å². The van der Waals surface area contributed by atoms with Crippen molar-refractivity contribution < 1.29 is 8.23 Å². The fraction of sp³-hybridized carbons (Fsp3) is 1.00. The monoisotopic (exact) mass is 106 g/mol. The summed E-state index contributed by atoms with van der Waals surface area (Å²) in [5, 5.41) is 0. The molecule has 1 heterocycles. The van der Waals surface area contributed by atoms with Crippen LogP contribution >= 0.6 is 0 Å². The summed E-state index contributed by atoms with van der Waals surface area (Å²) in [6.45, 7) is 2.04. The topological polar surface area (TPSA) is 18.5 Å². The van der Waals surface area contributed by atoms with Crippen LogP contribution in [0.25, 0.3) is 0 Å². The highest BCUT2D eigenvalue weighted by molar-refractivity contribution is 6.63. The van der Waals surface area contributed by atoms with E-state index in [1.54, 1.807) is 0 Å². The summed E-state index contributed by atoms with van der Waals surface area (Å²) in [6, 6.07) is 0. The van der Waals surface area contributed by atoms with Crippen LogP contribution in [0.15, 0.2) is 0 Å². The highest BCUT2D eigenvalue weighted by Crippen LogP contribution is 1.94. The molecule has 1 saturated heterocycles. The Kier molecular flexibility index (Phi) is 0.859. The molecule has 0 aromatic carbocycles. The third-order valence-corrected chi connectivity index (χ3v) is 5.45. The number of hydrogen-bond acceptors (Lipinski definition) is 2. The van der Waals surface area contributed by atoms with E-state index in [0.29, 0.717) is 0 Å². The zero-order chi connectivity index (χ0) is 3.70. The molecule has 0 N–H and O–H groups in total. The second-order valence-electron chi connectivity index (χ2n) is 1.02. The summed E-state index contributed by atoms with van der Waals surface area (Å²) in [4.78, 5) is 0. The van der Waals surface area contributed by atoms with Crippen molar-refractivity contribution in [2.45, 2.75) is 6.55 Å². The van der Waals surface area contributed by atoms with Crippen molar-refractivity contribution in [1.82, 2.24) is 0 Å². The predicted octanol–water partition coefficient (Wildman–Crippen LogP) is -1.12. The van der Waals surface area contributed by atoms with Gasteiger partial charge in [0.2, 0.25) is 0 Å². The summed E-state index contributed by atoms with van der Waals surface area (Å²) < 4.78 is 9.97. The molecule has 0 aliphatic carbocycles. The average Bonchev–Trinajstić information content (AvgIpc) is 1.30. The molecule has 0 saturated carbocycles. The molecule has 0 aromatic heterocycles. The lowest BCUT2D eigenvalue weighted by Gasteiger charge is -2.20. The van der Waals surface area contributed by atoms with Crippen molar-refractivity contribution in [3.05, 3.63) is 0 Å². The Morgan fingerprint density at radius 1 is 1.60 bits per heavy atom. The highest BCUT2D eigenvalue weighted by Gasteiger charge is 2.13. The minimum atomic E-state index is -0.907. The fourth-order valence-electron chi connectivity index (χ4n) is 0.204. The minimum absolute atomic E-state index is 0.381. The molecule has 1 aliphatic heterocycles. The van der Waals surface area contributed by atoms with E-state index >= 15 is 0 Å². The zero-order valence-corrected chi connectivity index (χ0v) is 5.67. The second kappa shape index (κ2) is 1.21. The van der Waals surface area contributed by atoms with E-state index in [4.69, 9.17) is 8.23 Å². The molecule has 0 unspecified atom stereocenters. The Hall–Kier alpha value is 0.354. The lowest BCUT2D eigenvalue weighted by Crippen LogP contribution is -2.35. The molecule has 1 rings (SSSR count). The zero-order valence-electron chi connectivity index (χ0n) is 3.10. The summed E-state index contributed by atoms with van der Waals surface area (Å²) in [5.74, 6) is 0. The van der Waals surface area contributed by atoms with Crippen LogP contribution in [0.5, 0.6) is 0 Å². The van der Waals surface area contributed by atoms with Crippen LogP contribution in [0.4, 0.5) is 0 Å². The number of hydrogen-bond donors (Lipinski definition) is 0. The van der Waals surface area contributed by atoms with E-state index in [1.165, 1.54) is 0 Å². The van der Waals surface area contributed by atoms with Gasteiger partial charge in [0.1, 0.15) is 0 Å². The standard InChI is InChI=1S/CH6O2Si2/c1-5-2-4-3-5/h5H,4H2,1H3. The normalized spacial score (nSPS) is 41.4. The molecular weight excluding hydrogens is 100 g/mol. The first kappa shape index (κ1) is 3.54. The number of rotatable bonds is 0. The van der Waals surface area contributed by atoms with Crippen molar-refractivity contribution in [2.24, 2.45) is 0 Å². The Labute approximate surface area is 35.0 Å². The first-order valence-electron chi connectivity index (χ1n) is 1.63. The molecule has 30 valence electrons. The van der Waals surface area contributed by atoms with Crippen LogP contribution in [0.1, 0.15) is 0 Å². The maximum absolute atomic E-state index is 4.99. The van der Waals surface area contributed by atoms with Gasteiger partial charge in [0, 0.05) is 0 Å². The summed E-state index contributed by atoms with van der Waals surface area (Å²) in [7, 11) is -1.29. The minimum Gasteiger partial charge on any atom is -0.423 e. The van der Waals surface area contributed by atoms with Crippen molar-refractivity contribution in [3.8, 4) is 0 Å². The van der Waals surface area contributed by atoms with Crippen LogP contribution in [0.2, 0.25) is 6.55 Å². The van der Waals surface area contributed by atoms with Gasteiger partial charge in [-0.15, -0.1) is 0 Å². The summed E-state index contributed by atoms with van der Waals surface area (Å²) in [5.41, 5.74) is 0. The Morgan fingerprint density at radius 3 is 2.00 bits per heavy atom. The third-order valence-electron chi connectivity index (χ3n) is 0.605. The van der Waals surface area contributed by atoms with Crippen molar-refractivity contribution in [3.63, 3.8) is 0 Å². The average molecular weight is 106 g/mol. The van der Waals surface area contributed by atoms with E-state index in [9.17, 15) is 0 Å². The van der Waals surface area contributed by atoms with E-state index in [-0.39, 0.29) is 10.0 Å². The third kappa shape index (κ3) is 0.597. The summed E-state index contributed by atoms with van der Waals surface area (Å²) >= 11 is 0. The SMILES string of the molecule is C[SiH]1O[SiH2]O1. The molecule has 2 nitrogen and oxygen atoms in total. The summed E-state index contributed by atoms with van der Waals surface area (Å²) in [6.07, 6.45) is 0. The van der Waals surface area contributed by atoms with Gasteiger partial charge >= 0.3 is 0 Å². The van der Waals surface area contributed by atoms with Gasteiger partial charge in [-0.1, -0.05) is 0 Å². The van der Waals surface area contributed by atoms with Crippen LogP contribution in [-0.4, -0.2) is 19.3 Å². The van der Waals surface area contributed by atoms with Crippen LogP contribution in [0.3, 0.4) is 0 Å². The van der Waals surface area contributed by atoms with E-state index in [1.807, 2.05) is 6.55 Å². The van der Waals surface area contributed by atoms with Gasteiger partial charge in [0.15, 0.2) is 0 Å². The van der Waals surface area contributed by atoms with Gasteiger partial charge < -0.3 is 8.23 Å². The maximum Gasteiger partial charge on any atom is 0.299 e. The molecular formula is CH6O2Si2. The van der Waals surface area contributed by atoms with E-state index in [2.05, 4.69) is 0 Å². The molecule has 0 aromatic rings. The Bertz CT molecular complexity index is 34.6. The van der Waals surface area contributed by atoms with E-state index in [0.717, 1.165) is 0 Å². The Balaban J connectivity index is 2.08. The van der Waals surface area contributed by atoms with Crippen LogP contribution in [-0.2, 0) is 8.23 Å². The van der Waals surface area contributed by atoms with Crippen LogP contribution in [0, 0.1) is 0 Å². The molecule has 0 amide bonds. The fourth-order valence-corrected chi connectivity index (χ4v) is 1.84. The van der Waals surface area contributed by atoms with Gasteiger partial charge in [0.25, 0.3) is 19.3 Å². The van der Waals surface area contributed by atoms with Gasteiger partial charge in [-0.25, -0.2) is 0 Å². The smallest absolute Gasteiger partial charge is 0.299 e.